The van der Waals surface area contributed by atoms with Gasteiger partial charge in [-0.15, -0.1) is 0 Å². The van der Waals surface area contributed by atoms with Crippen LogP contribution in [-0.4, -0.2) is 10.6 Å². The van der Waals surface area contributed by atoms with Crippen molar-refractivity contribution in [2.45, 2.75) is 37.1 Å². The molecule has 3 N–H and O–H groups in total. The van der Waals surface area contributed by atoms with E-state index in [1.54, 1.807) is 6.07 Å². The lowest BCUT2D eigenvalue weighted by molar-refractivity contribution is 0.410. The van der Waals surface area contributed by atoms with Crippen LogP contribution in [0.15, 0.2) is 18.2 Å². The van der Waals surface area contributed by atoms with Crippen molar-refractivity contribution in [3.8, 4) is 5.75 Å². The summed E-state index contributed by atoms with van der Waals surface area (Å²) in [6.07, 6.45) is 4.42. The quantitative estimate of drug-likeness (QED) is 0.655. The van der Waals surface area contributed by atoms with E-state index in [9.17, 15) is 5.11 Å². The van der Waals surface area contributed by atoms with Crippen molar-refractivity contribution >= 4 is 0 Å². The molecule has 0 saturated heterocycles. The molecule has 2 aliphatic rings. The first-order chi connectivity index (χ1) is 6.66. The zero-order chi connectivity index (χ0) is 9.76. The van der Waals surface area contributed by atoms with Crippen molar-refractivity contribution in [1.82, 2.24) is 0 Å². The molecule has 1 saturated carbocycles. The van der Waals surface area contributed by atoms with Crippen LogP contribution in [0.3, 0.4) is 0 Å². The van der Waals surface area contributed by atoms with Gasteiger partial charge in [-0.1, -0.05) is 6.07 Å². The van der Waals surface area contributed by atoms with Crippen molar-refractivity contribution in [1.29, 1.82) is 0 Å². The number of hydrogen-bond donors (Lipinski definition) is 2. The molecular weight excluding hydrogens is 174 g/mol. The summed E-state index contributed by atoms with van der Waals surface area (Å²) >= 11 is 0. The standard InChI is InChI=1S/C12H15NO/c13-12-4-3-8(6-12)11-2-1-10(14)5-9(11)7-12/h1-2,5,8,14H,3-4,6-7,13H2/t8-,12-/m1/s1. The lowest BCUT2D eigenvalue weighted by atomic mass is 9.79. The van der Waals surface area contributed by atoms with Crippen LogP contribution in [0, 0.1) is 0 Å². The number of phenolic OH excluding ortho intramolecular Hbond substituents is 1. The van der Waals surface area contributed by atoms with E-state index in [1.807, 2.05) is 6.07 Å². The first kappa shape index (κ1) is 8.30. The average Bonchev–Trinajstić information content (AvgIpc) is 2.42. The molecule has 0 aliphatic heterocycles. The number of rotatable bonds is 0. The van der Waals surface area contributed by atoms with Crippen molar-refractivity contribution in [3.05, 3.63) is 29.3 Å². The first-order valence-corrected chi connectivity index (χ1v) is 5.27. The van der Waals surface area contributed by atoms with Crippen molar-refractivity contribution in [2.75, 3.05) is 0 Å². The highest BCUT2D eigenvalue weighted by molar-refractivity contribution is 5.42. The van der Waals surface area contributed by atoms with Gasteiger partial charge in [-0.25, -0.2) is 0 Å². The summed E-state index contributed by atoms with van der Waals surface area (Å²) in [5.41, 5.74) is 8.99. The Labute approximate surface area is 83.7 Å². The Morgan fingerprint density at radius 1 is 1.43 bits per heavy atom. The Morgan fingerprint density at radius 3 is 3.14 bits per heavy atom. The lowest BCUT2D eigenvalue weighted by Gasteiger charge is -2.30. The molecule has 3 rings (SSSR count). The predicted molar refractivity (Wildman–Crippen MR) is 55.3 cm³/mol. The van der Waals surface area contributed by atoms with E-state index in [0.717, 1.165) is 19.3 Å². The molecule has 0 spiro atoms. The van der Waals surface area contributed by atoms with Gasteiger partial charge in [0.2, 0.25) is 0 Å². The molecule has 1 fully saturated rings. The van der Waals surface area contributed by atoms with Gasteiger partial charge in [-0.05, 0) is 54.9 Å². The molecule has 0 unspecified atom stereocenters. The molecule has 0 amide bonds. The van der Waals surface area contributed by atoms with Crippen LogP contribution in [-0.2, 0) is 6.42 Å². The van der Waals surface area contributed by atoms with Crippen LogP contribution < -0.4 is 5.73 Å². The highest BCUT2D eigenvalue weighted by Crippen LogP contribution is 2.47. The Hall–Kier alpha value is -1.02. The zero-order valence-corrected chi connectivity index (χ0v) is 8.16. The van der Waals surface area contributed by atoms with Crippen LogP contribution in [0.1, 0.15) is 36.3 Å². The topological polar surface area (TPSA) is 46.2 Å². The fraction of sp³-hybridized carbons (Fsp3) is 0.500. The van der Waals surface area contributed by atoms with Gasteiger partial charge in [-0.2, -0.15) is 0 Å². The molecule has 0 radical (unpaired) electrons. The van der Waals surface area contributed by atoms with Gasteiger partial charge < -0.3 is 10.8 Å². The minimum atomic E-state index is 0.0193. The predicted octanol–water partition coefficient (Wildman–Crippen LogP) is 1.91. The van der Waals surface area contributed by atoms with Crippen LogP contribution in [0.25, 0.3) is 0 Å². The van der Waals surface area contributed by atoms with Gasteiger partial charge in [-0.3, -0.25) is 0 Å². The molecule has 74 valence electrons. The molecule has 2 atom stereocenters. The summed E-state index contributed by atoms with van der Waals surface area (Å²) in [4.78, 5) is 0. The van der Waals surface area contributed by atoms with E-state index in [0.29, 0.717) is 11.7 Å². The third-order valence-corrected chi connectivity index (χ3v) is 3.75. The minimum Gasteiger partial charge on any atom is -0.508 e. The number of fused-ring (bicyclic) bond motifs is 4. The van der Waals surface area contributed by atoms with E-state index < -0.39 is 0 Å². The second kappa shape index (κ2) is 2.51. The van der Waals surface area contributed by atoms with Crippen molar-refractivity contribution in [2.24, 2.45) is 5.73 Å². The largest absolute Gasteiger partial charge is 0.508 e. The number of phenols is 1. The molecule has 1 aromatic rings. The minimum absolute atomic E-state index is 0.0193. The molecule has 1 aromatic carbocycles. The Balaban J connectivity index is 2.12. The monoisotopic (exact) mass is 189 g/mol. The van der Waals surface area contributed by atoms with Gasteiger partial charge in [0.05, 0.1) is 0 Å². The number of hydrogen-bond acceptors (Lipinski definition) is 2. The Kier molecular flexibility index (Phi) is 1.49. The van der Waals surface area contributed by atoms with Crippen LogP contribution >= 0.6 is 0 Å². The molecule has 0 aromatic heterocycles. The second-order valence-electron chi connectivity index (χ2n) is 4.86. The molecule has 2 heteroatoms. The van der Waals surface area contributed by atoms with Gasteiger partial charge in [0, 0.05) is 5.54 Å². The smallest absolute Gasteiger partial charge is 0.115 e. The summed E-state index contributed by atoms with van der Waals surface area (Å²) < 4.78 is 0. The van der Waals surface area contributed by atoms with Crippen LogP contribution in [0.5, 0.6) is 5.75 Å². The average molecular weight is 189 g/mol. The SMILES string of the molecule is N[C@]12CC[C@H](C1)c1ccc(O)cc1C2. The van der Waals surface area contributed by atoms with E-state index in [2.05, 4.69) is 6.07 Å². The summed E-state index contributed by atoms with van der Waals surface area (Å²) in [5, 5.41) is 9.42. The van der Waals surface area contributed by atoms with Gasteiger partial charge in [0.25, 0.3) is 0 Å². The molecule has 0 heterocycles. The third-order valence-electron chi connectivity index (χ3n) is 3.75. The van der Waals surface area contributed by atoms with Crippen LogP contribution in [0.4, 0.5) is 0 Å². The van der Waals surface area contributed by atoms with Gasteiger partial charge in [0.1, 0.15) is 5.75 Å². The number of nitrogens with two attached hydrogens (primary N) is 1. The maximum absolute atomic E-state index is 9.42. The van der Waals surface area contributed by atoms with E-state index in [4.69, 9.17) is 5.73 Å². The molecule has 2 nitrogen and oxygen atoms in total. The summed E-state index contributed by atoms with van der Waals surface area (Å²) in [5.74, 6) is 1.01. The highest BCUT2D eigenvalue weighted by atomic mass is 16.3. The third kappa shape index (κ3) is 1.07. The number of benzene rings is 1. The lowest BCUT2D eigenvalue weighted by Crippen LogP contribution is -2.41. The van der Waals surface area contributed by atoms with Crippen molar-refractivity contribution < 1.29 is 5.11 Å². The Bertz CT molecular complexity index is 388. The fourth-order valence-corrected chi connectivity index (χ4v) is 3.11. The maximum atomic E-state index is 9.42. The Morgan fingerprint density at radius 2 is 2.29 bits per heavy atom. The van der Waals surface area contributed by atoms with Gasteiger partial charge >= 0.3 is 0 Å². The maximum Gasteiger partial charge on any atom is 0.115 e. The van der Waals surface area contributed by atoms with E-state index >= 15 is 0 Å². The molecule has 2 bridgehead atoms. The fourth-order valence-electron chi connectivity index (χ4n) is 3.11. The second-order valence-corrected chi connectivity index (χ2v) is 4.86. The summed E-state index contributed by atoms with van der Waals surface area (Å²) in [6, 6.07) is 5.75. The van der Waals surface area contributed by atoms with E-state index in [-0.39, 0.29) is 5.54 Å². The molecule has 14 heavy (non-hydrogen) atoms. The number of aromatic hydroxyl groups is 1. The first-order valence-electron chi connectivity index (χ1n) is 5.27. The summed E-state index contributed by atoms with van der Waals surface area (Å²) in [6.45, 7) is 0. The molecular formula is C12H15NO. The zero-order valence-electron chi connectivity index (χ0n) is 8.16. The van der Waals surface area contributed by atoms with Crippen LogP contribution in [0.2, 0.25) is 0 Å². The van der Waals surface area contributed by atoms with Gasteiger partial charge in [0.15, 0.2) is 0 Å². The van der Waals surface area contributed by atoms with E-state index in [1.165, 1.54) is 17.5 Å². The highest BCUT2D eigenvalue weighted by Gasteiger charge is 2.41. The molecule has 2 aliphatic carbocycles. The van der Waals surface area contributed by atoms with Crippen molar-refractivity contribution in [3.63, 3.8) is 0 Å². The normalized spacial score (nSPS) is 34.2. The summed E-state index contributed by atoms with van der Waals surface area (Å²) in [7, 11) is 0.